The van der Waals surface area contributed by atoms with Crippen LogP contribution < -0.4 is 10.2 Å². The number of ether oxygens (including phenoxy) is 1. The van der Waals surface area contributed by atoms with Crippen LogP contribution in [0.1, 0.15) is 0 Å². The van der Waals surface area contributed by atoms with E-state index in [0.29, 0.717) is 17.4 Å². The summed E-state index contributed by atoms with van der Waals surface area (Å²) in [5.41, 5.74) is 2.44. The number of pyridine rings is 1. The summed E-state index contributed by atoms with van der Waals surface area (Å²) in [6, 6.07) is 17.1. The minimum atomic E-state index is -4.51. The van der Waals surface area contributed by atoms with Gasteiger partial charge in [0.15, 0.2) is 5.75 Å². The normalized spacial score (nSPS) is 11.7. The highest BCUT2D eigenvalue weighted by atomic mass is 19.4. The summed E-state index contributed by atoms with van der Waals surface area (Å²) < 4.78 is 43.2. The second-order valence-electron chi connectivity index (χ2n) is 5.94. The number of aryl methyl sites for hydroxylation is 1. The van der Waals surface area contributed by atoms with Gasteiger partial charge in [-0.15, -0.1) is 0 Å². The van der Waals surface area contributed by atoms with Gasteiger partial charge in [-0.2, -0.15) is 13.2 Å². The SMILES string of the molecule is Cn1cc(O/C=C\C(F)(F)F)c(=O)c(-c2cccc(-c3ccccc3)c2)c1. The summed E-state index contributed by atoms with van der Waals surface area (Å²) in [7, 11) is 1.67. The molecule has 3 rings (SSSR count). The van der Waals surface area contributed by atoms with Crippen molar-refractivity contribution in [3.05, 3.63) is 89.6 Å². The Morgan fingerprint density at radius 3 is 2.30 bits per heavy atom. The lowest BCUT2D eigenvalue weighted by atomic mass is 10.00. The smallest absolute Gasteiger partial charge is 0.412 e. The number of rotatable bonds is 4. The molecule has 0 aliphatic heterocycles. The van der Waals surface area contributed by atoms with Gasteiger partial charge in [0.2, 0.25) is 5.43 Å². The number of allylic oxidation sites excluding steroid dienone is 1. The first-order valence-corrected chi connectivity index (χ1v) is 8.11. The maximum Gasteiger partial charge on any atom is 0.412 e. The quantitative estimate of drug-likeness (QED) is 0.592. The Morgan fingerprint density at radius 1 is 0.926 bits per heavy atom. The third-order valence-corrected chi connectivity index (χ3v) is 3.85. The van der Waals surface area contributed by atoms with Crippen molar-refractivity contribution in [3.8, 4) is 28.0 Å². The maximum atomic E-state index is 12.7. The molecule has 0 atom stereocenters. The van der Waals surface area contributed by atoms with Gasteiger partial charge >= 0.3 is 6.18 Å². The highest BCUT2D eigenvalue weighted by Crippen LogP contribution is 2.25. The Morgan fingerprint density at radius 2 is 1.59 bits per heavy atom. The van der Waals surface area contributed by atoms with Gasteiger partial charge in [0.25, 0.3) is 0 Å². The topological polar surface area (TPSA) is 31.2 Å². The van der Waals surface area contributed by atoms with Crippen LogP contribution in [0.25, 0.3) is 22.3 Å². The summed E-state index contributed by atoms with van der Waals surface area (Å²) in [5, 5.41) is 0. The minimum absolute atomic E-state index is 0.0604. The summed E-state index contributed by atoms with van der Waals surface area (Å²) >= 11 is 0. The van der Waals surface area contributed by atoms with E-state index in [0.717, 1.165) is 11.1 Å². The molecule has 0 N–H and O–H groups in total. The molecule has 27 heavy (non-hydrogen) atoms. The molecule has 2 aromatic carbocycles. The molecule has 3 nitrogen and oxygen atoms in total. The molecule has 0 bridgehead atoms. The van der Waals surface area contributed by atoms with E-state index in [1.165, 1.54) is 6.20 Å². The Hall–Kier alpha value is -3.28. The Balaban J connectivity index is 2.00. The van der Waals surface area contributed by atoms with Crippen LogP contribution in [0.3, 0.4) is 0 Å². The van der Waals surface area contributed by atoms with Gasteiger partial charge in [-0.05, 0) is 22.8 Å². The highest BCUT2D eigenvalue weighted by Gasteiger charge is 2.22. The van der Waals surface area contributed by atoms with Gasteiger partial charge in [0.1, 0.15) is 0 Å². The number of alkyl halides is 3. The zero-order valence-corrected chi connectivity index (χ0v) is 14.4. The van der Waals surface area contributed by atoms with E-state index < -0.39 is 11.6 Å². The standard InChI is InChI=1S/C21H16F3NO2/c1-25-13-18(20(26)19(14-25)27-11-10-21(22,23)24)17-9-5-8-16(12-17)15-6-3-2-4-7-15/h2-14H,1H3/b11-10-. The number of halogens is 3. The predicted octanol–water partition coefficient (Wildman–Crippen LogP) is 5.17. The van der Waals surface area contributed by atoms with E-state index in [1.54, 1.807) is 23.9 Å². The molecule has 3 aromatic rings. The zero-order chi connectivity index (χ0) is 19.4. The Bertz CT molecular complexity index is 1020. The van der Waals surface area contributed by atoms with Crippen LogP contribution in [0.2, 0.25) is 0 Å². The average Bonchev–Trinajstić information content (AvgIpc) is 2.64. The van der Waals surface area contributed by atoms with Crippen molar-refractivity contribution >= 4 is 0 Å². The van der Waals surface area contributed by atoms with Crippen LogP contribution >= 0.6 is 0 Å². The molecule has 1 heterocycles. The third-order valence-electron chi connectivity index (χ3n) is 3.85. The van der Waals surface area contributed by atoms with Gasteiger partial charge in [-0.3, -0.25) is 4.79 Å². The average molecular weight is 371 g/mol. The first kappa shape index (κ1) is 18.5. The van der Waals surface area contributed by atoms with Crippen molar-refractivity contribution < 1.29 is 17.9 Å². The van der Waals surface area contributed by atoms with Crippen LogP contribution in [0.15, 0.2) is 84.1 Å². The largest absolute Gasteiger partial charge is 0.459 e. The van der Waals surface area contributed by atoms with Crippen LogP contribution in [0.5, 0.6) is 5.75 Å². The van der Waals surface area contributed by atoms with Gasteiger partial charge in [0.05, 0.1) is 18.5 Å². The van der Waals surface area contributed by atoms with E-state index in [4.69, 9.17) is 4.74 Å². The molecular weight excluding hydrogens is 355 g/mol. The van der Waals surface area contributed by atoms with E-state index in [1.807, 2.05) is 48.5 Å². The molecule has 1 aromatic heterocycles. The first-order valence-electron chi connectivity index (χ1n) is 8.11. The molecule has 0 spiro atoms. The van der Waals surface area contributed by atoms with Crippen LogP contribution in [-0.2, 0) is 7.05 Å². The number of hydrogen-bond acceptors (Lipinski definition) is 2. The molecule has 6 heteroatoms. The fraction of sp³-hybridized carbons (Fsp3) is 0.0952. The summed E-state index contributed by atoms with van der Waals surface area (Å²) in [4.78, 5) is 12.7. The van der Waals surface area contributed by atoms with Crippen molar-refractivity contribution in [1.82, 2.24) is 4.57 Å². The van der Waals surface area contributed by atoms with E-state index in [9.17, 15) is 18.0 Å². The molecule has 0 amide bonds. The fourth-order valence-electron chi connectivity index (χ4n) is 2.65. The molecule has 0 unspecified atom stereocenters. The zero-order valence-electron chi connectivity index (χ0n) is 14.4. The van der Waals surface area contributed by atoms with Gasteiger partial charge < -0.3 is 9.30 Å². The third kappa shape index (κ3) is 4.67. The minimum Gasteiger partial charge on any atom is -0.459 e. The van der Waals surface area contributed by atoms with E-state index in [2.05, 4.69) is 0 Å². The molecule has 0 aliphatic carbocycles. The number of aromatic nitrogens is 1. The molecule has 138 valence electrons. The summed E-state index contributed by atoms with van der Waals surface area (Å²) in [6.07, 6.45) is -1.14. The summed E-state index contributed by atoms with van der Waals surface area (Å²) in [5.74, 6) is -0.180. The second kappa shape index (κ2) is 7.53. The Labute approximate surface area is 154 Å². The van der Waals surface area contributed by atoms with Crippen LogP contribution in [-0.4, -0.2) is 10.7 Å². The highest BCUT2D eigenvalue weighted by molar-refractivity contribution is 5.73. The predicted molar refractivity (Wildman–Crippen MR) is 98.4 cm³/mol. The van der Waals surface area contributed by atoms with Crippen LogP contribution in [0, 0.1) is 0 Å². The van der Waals surface area contributed by atoms with Crippen molar-refractivity contribution in [2.45, 2.75) is 6.18 Å². The first-order chi connectivity index (χ1) is 12.8. The molecule has 0 saturated carbocycles. The maximum absolute atomic E-state index is 12.7. The Kier molecular flexibility index (Phi) is 5.16. The van der Waals surface area contributed by atoms with Gasteiger partial charge in [-0.25, -0.2) is 0 Å². The lowest BCUT2D eigenvalue weighted by Crippen LogP contribution is -2.12. The van der Waals surface area contributed by atoms with Crippen molar-refractivity contribution in [1.29, 1.82) is 0 Å². The van der Waals surface area contributed by atoms with Crippen molar-refractivity contribution in [2.24, 2.45) is 7.05 Å². The number of nitrogens with zero attached hydrogens (tertiary/aromatic N) is 1. The monoisotopic (exact) mass is 371 g/mol. The van der Waals surface area contributed by atoms with Crippen molar-refractivity contribution in [2.75, 3.05) is 0 Å². The molecule has 0 radical (unpaired) electrons. The number of hydrogen-bond donors (Lipinski definition) is 0. The van der Waals surface area contributed by atoms with E-state index >= 15 is 0 Å². The van der Waals surface area contributed by atoms with E-state index in [-0.39, 0.29) is 11.8 Å². The lowest BCUT2D eigenvalue weighted by molar-refractivity contribution is -0.0809. The summed E-state index contributed by atoms with van der Waals surface area (Å²) in [6.45, 7) is 0. The lowest BCUT2D eigenvalue weighted by Gasteiger charge is -2.10. The van der Waals surface area contributed by atoms with Gasteiger partial charge in [0, 0.05) is 18.8 Å². The molecular formula is C21H16F3NO2. The number of benzene rings is 2. The van der Waals surface area contributed by atoms with Gasteiger partial charge in [-0.1, -0.05) is 48.5 Å². The van der Waals surface area contributed by atoms with Crippen molar-refractivity contribution in [3.63, 3.8) is 0 Å². The van der Waals surface area contributed by atoms with Crippen LogP contribution in [0.4, 0.5) is 13.2 Å². The molecule has 0 aliphatic rings. The second-order valence-corrected chi connectivity index (χ2v) is 5.94. The molecule has 0 fully saturated rings. The fourth-order valence-corrected chi connectivity index (χ4v) is 2.65. The molecule has 0 saturated heterocycles.